The van der Waals surface area contributed by atoms with E-state index < -0.39 is 17.2 Å². The number of methoxy groups -OCH3 is 1. The third kappa shape index (κ3) is 3.36. The van der Waals surface area contributed by atoms with Gasteiger partial charge in [0.1, 0.15) is 0 Å². The summed E-state index contributed by atoms with van der Waals surface area (Å²) in [5.74, 6) is -1.56. The summed E-state index contributed by atoms with van der Waals surface area (Å²) >= 11 is 0. The molecule has 20 heavy (non-hydrogen) atoms. The van der Waals surface area contributed by atoms with Crippen molar-refractivity contribution in [2.24, 2.45) is 0 Å². The number of rotatable bonds is 7. The van der Waals surface area contributed by atoms with Crippen LogP contribution in [-0.2, 0) is 4.74 Å². The predicted octanol–water partition coefficient (Wildman–Crippen LogP) is 4.13. The van der Waals surface area contributed by atoms with Gasteiger partial charge >= 0.3 is 0 Å². The molecule has 0 heterocycles. The Kier molecular flexibility index (Phi) is 6.08. The summed E-state index contributed by atoms with van der Waals surface area (Å²) < 4.78 is 33.7. The number of nitrogens with one attached hydrogen (secondary N) is 1. The lowest BCUT2D eigenvalue weighted by atomic mass is 9.86. The van der Waals surface area contributed by atoms with Crippen LogP contribution in [0.5, 0.6) is 0 Å². The molecule has 1 N–H and O–H groups in total. The van der Waals surface area contributed by atoms with Gasteiger partial charge in [-0.25, -0.2) is 8.78 Å². The van der Waals surface area contributed by atoms with Crippen molar-refractivity contribution in [3.63, 3.8) is 0 Å². The third-order valence-corrected chi connectivity index (χ3v) is 3.99. The summed E-state index contributed by atoms with van der Waals surface area (Å²) in [6, 6.07) is 2.88. The van der Waals surface area contributed by atoms with Crippen molar-refractivity contribution in [2.75, 3.05) is 13.7 Å². The maximum Gasteiger partial charge on any atom is 0.163 e. The molecule has 0 fully saturated rings. The molecular formula is C16H25F2NO. The van der Waals surface area contributed by atoms with Crippen LogP contribution >= 0.6 is 0 Å². The monoisotopic (exact) mass is 285 g/mol. The fraction of sp³-hybridized carbons (Fsp3) is 0.625. The molecule has 1 aromatic rings. The highest BCUT2D eigenvalue weighted by Gasteiger charge is 2.35. The minimum Gasteiger partial charge on any atom is -0.377 e. The van der Waals surface area contributed by atoms with E-state index in [4.69, 9.17) is 4.74 Å². The van der Waals surface area contributed by atoms with Gasteiger partial charge in [0.05, 0.1) is 11.6 Å². The van der Waals surface area contributed by atoms with E-state index in [9.17, 15) is 8.78 Å². The standard InChI is InChI=1S/C16H25F2NO/c1-6-10-19-15(16(4,7-2)20-5)12-9-8-11(3)13(17)14(12)18/h8-9,15,19H,6-7,10H2,1-5H3. The topological polar surface area (TPSA) is 21.3 Å². The van der Waals surface area contributed by atoms with Gasteiger partial charge in [-0.15, -0.1) is 0 Å². The zero-order valence-electron chi connectivity index (χ0n) is 13.0. The summed E-state index contributed by atoms with van der Waals surface area (Å²) in [6.07, 6.45) is 1.61. The van der Waals surface area contributed by atoms with Gasteiger partial charge in [-0.1, -0.05) is 26.0 Å². The van der Waals surface area contributed by atoms with Gasteiger partial charge in [0.25, 0.3) is 0 Å². The van der Waals surface area contributed by atoms with E-state index in [-0.39, 0.29) is 6.04 Å². The molecule has 4 heteroatoms. The third-order valence-electron chi connectivity index (χ3n) is 3.99. The fourth-order valence-corrected chi connectivity index (χ4v) is 2.29. The number of hydrogen-bond donors (Lipinski definition) is 1. The number of ether oxygens (including phenoxy) is 1. The molecule has 0 aliphatic carbocycles. The van der Waals surface area contributed by atoms with Crippen molar-refractivity contribution in [1.29, 1.82) is 0 Å². The Labute approximate surface area is 120 Å². The van der Waals surface area contributed by atoms with E-state index in [0.29, 0.717) is 17.5 Å². The first kappa shape index (κ1) is 17.1. The number of hydrogen-bond acceptors (Lipinski definition) is 2. The Balaban J connectivity index is 3.27. The number of benzene rings is 1. The van der Waals surface area contributed by atoms with Gasteiger partial charge in [-0.05, 0) is 38.8 Å². The average Bonchev–Trinajstić information content (AvgIpc) is 2.46. The lowest BCUT2D eigenvalue weighted by Gasteiger charge is -2.37. The van der Waals surface area contributed by atoms with E-state index in [1.165, 1.54) is 0 Å². The second kappa shape index (κ2) is 7.14. The summed E-state index contributed by atoms with van der Waals surface area (Å²) in [4.78, 5) is 0. The maximum absolute atomic E-state index is 14.3. The second-order valence-corrected chi connectivity index (χ2v) is 5.36. The van der Waals surface area contributed by atoms with E-state index >= 15 is 0 Å². The van der Waals surface area contributed by atoms with Crippen molar-refractivity contribution in [2.45, 2.75) is 52.2 Å². The van der Waals surface area contributed by atoms with Gasteiger partial charge in [0.15, 0.2) is 11.6 Å². The van der Waals surface area contributed by atoms with Gasteiger partial charge in [0, 0.05) is 12.7 Å². The van der Waals surface area contributed by atoms with Gasteiger partial charge < -0.3 is 10.1 Å². The Hall–Kier alpha value is -1.00. The van der Waals surface area contributed by atoms with Crippen LogP contribution in [0.3, 0.4) is 0 Å². The molecule has 1 rings (SSSR count). The number of aryl methyl sites for hydroxylation is 1. The van der Waals surface area contributed by atoms with Crippen molar-refractivity contribution < 1.29 is 13.5 Å². The Morgan fingerprint density at radius 3 is 2.40 bits per heavy atom. The molecule has 0 saturated carbocycles. The SMILES string of the molecule is CCCNC(c1ccc(C)c(F)c1F)C(C)(CC)OC. The average molecular weight is 285 g/mol. The normalized spacial score (nSPS) is 15.9. The second-order valence-electron chi connectivity index (χ2n) is 5.36. The summed E-state index contributed by atoms with van der Waals surface area (Å²) in [7, 11) is 1.60. The van der Waals surface area contributed by atoms with Crippen LogP contribution in [0.15, 0.2) is 12.1 Å². The summed E-state index contributed by atoms with van der Waals surface area (Å²) in [5, 5.41) is 3.28. The van der Waals surface area contributed by atoms with Gasteiger partial charge in [-0.3, -0.25) is 0 Å². The first-order valence-corrected chi connectivity index (χ1v) is 7.14. The quantitative estimate of drug-likeness (QED) is 0.813. The van der Waals surface area contributed by atoms with Crippen LogP contribution in [0.4, 0.5) is 8.78 Å². The first-order chi connectivity index (χ1) is 9.41. The van der Waals surface area contributed by atoms with Crippen molar-refractivity contribution >= 4 is 0 Å². The van der Waals surface area contributed by atoms with Crippen LogP contribution in [0.2, 0.25) is 0 Å². The summed E-state index contributed by atoms with van der Waals surface area (Å²) in [6.45, 7) is 8.21. The molecule has 0 amide bonds. The Morgan fingerprint density at radius 1 is 1.25 bits per heavy atom. The molecule has 0 spiro atoms. The van der Waals surface area contributed by atoms with E-state index in [1.54, 1.807) is 26.2 Å². The summed E-state index contributed by atoms with van der Waals surface area (Å²) in [5.41, 5.74) is 0.0569. The Bertz CT molecular complexity index is 444. The van der Waals surface area contributed by atoms with Gasteiger partial charge in [-0.2, -0.15) is 0 Å². The molecule has 2 unspecified atom stereocenters. The lowest BCUT2D eigenvalue weighted by Crippen LogP contribution is -2.43. The van der Waals surface area contributed by atoms with Crippen molar-refractivity contribution in [1.82, 2.24) is 5.32 Å². The molecule has 2 atom stereocenters. The molecule has 0 bridgehead atoms. The molecular weight excluding hydrogens is 260 g/mol. The molecule has 114 valence electrons. The van der Waals surface area contributed by atoms with Crippen LogP contribution in [-0.4, -0.2) is 19.3 Å². The van der Waals surface area contributed by atoms with Crippen molar-refractivity contribution in [3.8, 4) is 0 Å². The first-order valence-electron chi connectivity index (χ1n) is 7.14. The van der Waals surface area contributed by atoms with Crippen LogP contribution < -0.4 is 5.32 Å². The van der Waals surface area contributed by atoms with E-state index in [0.717, 1.165) is 13.0 Å². The zero-order valence-corrected chi connectivity index (χ0v) is 13.0. The minimum absolute atomic E-state index is 0.316. The van der Waals surface area contributed by atoms with Crippen molar-refractivity contribution in [3.05, 3.63) is 34.9 Å². The van der Waals surface area contributed by atoms with Crippen LogP contribution in [0, 0.1) is 18.6 Å². The molecule has 0 aliphatic rings. The molecule has 0 aromatic heterocycles. The largest absolute Gasteiger partial charge is 0.377 e. The van der Waals surface area contributed by atoms with Crippen LogP contribution in [0.25, 0.3) is 0 Å². The molecule has 0 aliphatic heterocycles. The fourth-order valence-electron chi connectivity index (χ4n) is 2.29. The van der Waals surface area contributed by atoms with Gasteiger partial charge in [0.2, 0.25) is 0 Å². The highest BCUT2D eigenvalue weighted by molar-refractivity contribution is 5.29. The lowest BCUT2D eigenvalue weighted by molar-refractivity contribution is -0.0309. The zero-order chi connectivity index (χ0) is 15.3. The molecule has 2 nitrogen and oxygen atoms in total. The molecule has 1 aromatic carbocycles. The maximum atomic E-state index is 14.3. The molecule has 0 saturated heterocycles. The minimum atomic E-state index is -0.782. The number of halogens is 2. The smallest absolute Gasteiger partial charge is 0.163 e. The van der Waals surface area contributed by atoms with E-state index in [2.05, 4.69) is 5.32 Å². The van der Waals surface area contributed by atoms with E-state index in [1.807, 2.05) is 20.8 Å². The predicted molar refractivity (Wildman–Crippen MR) is 77.8 cm³/mol. The highest BCUT2D eigenvalue weighted by atomic mass is 19.2. The Morgan fingerprint density at radius 2 is 1.90 bits per heavy atom. The highest BCUT2D eigenvalue weighted by Crippen LogP contribution is 2.34. The van der Waals surface area contributed by atoms with Crippen LogP contribution in [0.1, 0.15) is 50.8 Å². The molecule has 0 radical (unpaired) electrons.